The van der Waals surface area contributed by atoms with Gasteiger partial charge in [-0.3, -0.25) is 24.0 Å². The Morgan fingerprint density at radius 2 is 1.45 bits per heavy atom. The monoisotopic (exact) mass is 538 g/mol. The summed E-state index contributed by atoms with van der Waals surface area (Å²) in [5.41, 5.74) is 1.01. The zero-order valence-corrected chi connectivity index (χ0v) is 23.2. The van der Waals surface area contributed by atoms with E-state index >= 15 is 0 Å². The van der Waals surface area contributed by atoms with Crippen LogP contribution in [0.15, 0.2) is 23.3 Å². The van der Waals surface area contributed by atoms with Gasteiger partial charge in [-0.2, -0.15) is 0 Å². The Morgan fingerprint density at radius 3 is 1.95 bits per heavy atom. The molecule has 1 fully saturated rings. The second-order valence-electron chi connectivity index (χ2n) is 10.1. The summed E-state index contributed by atoms with van der Waals surface area (Å²) in [6, 6.07) is 0. The molecule has 1 saturated heterocycles. The molecule has 0 saturated carbocycles. The Balaban J connectivity index is 2.46. The Bertz CT molecular complexity index is 993. The van der Waals surface area contributed by atoms with Gasteiger partial charge in [0, 0.05) is 33.3 Å². The standard InChI is InChI=1S/C27H38O11/c1-9-10-20(32)22-14(2)11-19(12-27(22,7)8)37-26-25(36-18(6)31)24(35-17(5)30)23(34-16(4)29)21(38-26)13-33-15(3)28/h9-10,19,21,23-26H,11-13H2,1-8H3/b10-9+/t19?,21-,23-,24+,25-,26-/m1/s1. The summed E-state index contributed by atoms with van der Waals surface area (Å²) in [5, 5.41) is 0. The van der Waals surface area contributed by atoms with Crippen LogP contribution in [-0.4, -0.2) is 73.1 Å². The summed E-state index contributed by atoms with van der Waals surface area (Å²) >= 11 is 0. The molecule has 0 bridgehead atoms. The van der Waals surface area contributed by atoms with Crippen molar-refractivity contribution >= 4 is 29.7 Å². The van der Waals surface area contributed by atoms with E-state index in [1.54, 1.807) is 13.0 Å². The van der Waals surface area contributed by atoms with E-state index in [9.17, 15) is 24.0 Å². The van der Waals surface area contributed by atoms with Crippen molar-refractivity contribution in [1.82, 2.24) is 0 Å². The van der Waals surface area contributed by atoms with Gasteiger partial charge in [-0.1, -0.05) is 25.5 Å². The molecule has 0 spiro atoms. The van der Waals surface area contributed by atoms with E-state index in [1.165, 1.54) is 19.9 Å². The van der Waals surface area contributed by atoms with Gasteiger partial charge >= 0.3 is 23.9 Å². The third kappa shape index (κ3) is 8.22. The lowest BCUT2D eigenvalue weighted by Gasteiger charge is -2.46. The average Bonchev–Trinajstić information content (AvgIpc) is 2.74. The van der Waals surface area contributed by atoms with Crippen LogP contribution in [0.25, 0.3) is 0 Å². The van der Waals surface area contributed by atoms with Crippen molar-refractivity contribution < 1.29 is 52.4 Å². The van der Waals surface area contributed by atoms with Crippen molar-refractivity contribution in [3.63, 3.8) is 0 Å². The average molecular weight is 539 g/mol. The Morgan fingerprint density at radius 1 is 0.895 bits per heavy atom. The van der Waals surface area contributed by atoms with E-state index < -0.39 is 66.1 Å². The highest BCUT2D eigenvalue weighted by Crippen LogP contribution is 2.43. The number of ketones is 1. The van der Waals surface area contributed by atoms with Gasteiger partial charge in [0.1, 0.15) is 12.7 Å². The van der Waals surface area contributed by atoms with Crippen molar-refractivity contribution in [3.05, 3.63) is 23.3 Å². The van der Waals surface area contributed by atoms with E-state index in [-0.39, 0.29) is 12.4 Å². The largest absolute Gasteiger partial charge is 0.463 e. The number of hydrogen-bond acceptors (Lipinski definition) is 11. The molecule has 1 unspecified atom stereocenters. The fourth-order valence-corrected chi connectivity index (χ4v) is 5.13. The van der Waals surface area contributed by atoms with Crippen LogP contribution in [-0.2, 0) is 52.4 Å². The fraction of sp³-hybridized carbons (Fsp3) is 0.667. The molecule has 0 N–H and O–H groups in total. The van der Waals surface area contributed by atoms with Crippen LogP contribution in [0.1, 0.15) is 68.2 Å². The van der Waals surface area contributed by atoms with Gasteiger partial charge in [-0.05, 0) is 38.2 Å². The zero-order chi connectivity index (χ0) is 28.8. The Kier molecular flexibility index (Phi) is 10.8. The summed E-state index contributed by atoms with van der Waals surface area (Å²) in [7, 11) is 0. The molecular formula is C27H38O11. The molecule has 2 aliphatic rings. The summed E-state index contributed by atoms with van der Waals surface area (Å²) in [4.78, 5) is 60.2. The highest BCUT2D eigenvalue weighted by Gasteiger charge is 2.53. The lowest BCUT2D eigenvalue weighted by Crippen LogP contribution is -2.63. The first kappa shape index (κ1) is 31.2. The topological polar surface area (TPSA) is 141 Å². The highest BCUT2D eigenvalue weighted by atomic mass is 16.7. The minimum absolute atomic E-state index is 0.0688. The van der Waals surface area contributed by atoms with Crippen LogP contribution in [0.3, 0.4) is 0 Å². The van der Waals surface area contributed by atoms with E-state index in [4.69, 9.17) is 28.4 Å². The van der Waals surface area contributed by atoms with Gasteiger partial charge in [-0.25, -0.2) is 0 Å². The maximum atomic E-state index is 12.7. The molecule has 1 heterocycles. The molecule has 0 aromatic rings. The molecule has 1 aliphatic carbocycles. The van der Waals surface area contributed by atoms with Crippen molar-refractivity contribution in [3.8, 4) is 0 Å². The number of ether oxygens (including phenoxy) is 6. The molecule has 2 rings (SSSR count). The van der Waals surface area contributed by atoms with Crippen LogP contribution in [0.4, 0.5) is 0 Å². The van der Waals surface area contributed by atoms with E-state index in [1.807, 2.05) is 20.8 Å². The van der Waals surface area contributed by atoms with Crippen molar-refractivity contribution in [1.29, 1.82) is 0 Å². The summed E-state index contributed by atoms with van der Waals surface area (Å²) < 4.78 is 33.8. The first-order valence-corrected chi connectivity index (χ1v) is 12.5. The van der Waals surface area contributed by atoms with E-state index in [2.05, 4.69) is 0 Å². The molecule has 11 heteroatoms. The minimum Gasteiger partial charge on any atom is -0.463 e. The Hall–Kier alpha value is -3.05. The second-order valence-corrected chi connectivity index (χ2v) is 10.1. The summed E-state index contributed by atoms with van der Waals surface area (Å²) in [6.45, 7) is 11.9. The van der Waals surface area contributed by atoms with Gasteiger partial charge < -0.3 is 28.4 Å². The van der Waals surface area contributed by atoms with Crippen LogP contribution in [0, 0.1) is 5.41 Å². The van der Waals surface area contributed by atoms with Gasteiger partial charge in [0.25, 0.3) is 0 Å². The molecule has 0 radical (unpaired) electrons. The van der Waals surface area contributed by atoms with Gasteiger partial charge in [-0.15, -0.1) is 0 Å². The molecule has 6 atom stereocenters. The highest BCUT2D eigenvalue weighted by molar-refractivity contribution is 6.05. The van der Waals surface area contributed by atoms with E-state index in [0.29, 0.717) is 18.4 Å². The van der Waals surface area contributed by atoms with Crippen LogP contribution < -0.4 is 0 Å². The summed E-state index contributed by atoms with van der Waals surface area (Å²) in [6.07, 6.45) is -2.62. The first-order chi connectivity index (χ1) is 17.7. The maximum absolute atomic E-state index is 12.7. The fourth-order valence-electron chi connectivity index (χ4n) is 5.13. The maximum Gasteiger partial charge on any atom is 0.303 e. The smallest absolute Gasteiger partial charge is 0.303 e. The number of carbonyl (C=O) groups is 5. The minimum atomic E-state index is -1.31. The number of carbonyl (C=O) groups excluding carboxylic acids is 5. The number of rotatable bonds is 9. The van der Waals surface area contributed by atoms with E-state index in [0.717, 1.165) is 19.4 Å². The number of esters is 4. The third-order valence-corrected chi connectivity index (χ3v) is 6.21. The van der Waals surface area contributed by atoms with Crippen LogP contribution >= 0.6 is 0 Å². The predicted octanol–water partition coefficient (Wildman–Crippen LogP) is 2.74. The van der Waals surface area contributed by atoms with Gasteiger partial charge in [0.15, 0.2) is 30.4 Å². The quantitative estimate of drug-likeness (QED) is 0.243. The lowest BCUT2D eigenvalue weighted by molar-refractivity contribution is -0.318. The van der Waals surface area contributed by atoms with Gasteiger partial charge in [0.2, 0.25) is 0 Å². The zero-order valence-electron chi connectivity index (χ0n) is 23.2. The molecule has 38 heavy (non-hydrogen) atoms. The molecule has 11 nitrogen and oxygen atoms in total. The van der Waals surface area contributed by atoms with Crippen LogP contribution in [0.5, 0.6) is 0 Å². The molecule has 0 amide bonds. The predicted molar refractivity (Wildman–Crippen MR) is 132 cm³/mol. The first-order valence-electron chi connectivity index (χ1n) is 12.5. The van der Waals surface area contributed by atoms with Crippen LogP contribution in [0.2, 0.25) is 0 Å². The van der Waals surface area contributed by atoms with Crippen molar-refractivity contribution in [2.45, 2.75) is 105 Å². The van der Waals surface area contributed by atoms with Crippen molar-refractivity contribution in [2.75, 3.05) is 6.61 Å². The number of allylic oxidation sites excluding steroid dienone is 3. The second kappa shape index (κ2) is 13.1. The normalized spacial score (nSPS) is 28.9. The molecule has 0 aromatic heterocycles. The third-order valence-electron chi connectivity index (χ3n) is 6.21. The molecule has 0 aromatic carbocycles. The van der Waals surface area contributed by atoms with Crippen molar-refractivity contribution in [2.24, 2.45) is 5.41 Å². The SMILES string of the molecule is C/C=C/C(=O)C1=C(C)CC(O[C@@H]2O[C@H](COC(C)=O)[C@@H](OC(C)=O)[C@H](OC(C)=O)[C@H]2OC(C)=O)CC1(C)C. The summed E-state index contributed by atoms with van der Waals surface area (Å²) in [5.74, 6) is -2.81. The molecule has 212 valence electrons. The lowest BCUT2D eigenvalue weighted by atomic mass is 9.70. The molecule has 1 aliphatic heterocycles. The van der Waals surface area contributed by atoms with Gasteiger partial charge in [0.05, 0.1) is 6.10 Å². The molecular weight excluding hydrogens is 500 g/mol. The Labute approximate surface area is 222 Å². The number of hydrogen-bond donors (Lipinski definition) is 0.